The van der Waals surface area contributed by atoms with E-state index >= 15 is 0 Å². The summed E-state index contributed by atoms with van der Waals surface area (Å²) in [5.74, 6) is -0.912. The Hall–Kier alpha value is -2.99. The summed E-state index contributed by atoms with van der Waals surface area (Å²) >= 11 is 0. The van der Waals surface area contributed by atoms with Gasteiger partial charge in [-0.15, -0.1) is 0 Å². The first-order valence-electron chi connectivity index (χ1n) is 6.12. The Kier molecular flexibility index (Phi) is 4.79. The Balaban J connectivity index is 2.11. The van der Waals surface area contributed by atoms with Crippen molar-refractivity contribution >= 4 is 23.6 Å². The molecule has 6 heteroatoms. The number of rotatable bonds is 4. The summed E-state index contributed by atoms with van der Waals surface area (Å²) in [6, 6.07) is 10.2. The largest absolute Gasteiger partial charge is 0.321 e. The monoisotopic (exact) mass is 283 g/mol. The van der Waals surface area contributed by atoms with E-state index in [0.29, 0.717) is 16.8 Å². The lowest BCUT2D eigenvalue weighted by Gasteiger charge is -2.05. The second kappa shape index (κ2) is 6.97. The van der Waals surface area contributed by atoms with E-state index in [-0.39, 0.29) is 5.91 Å². The number of hydrogen-bond donors (Lipinski definition) is 3. The standard InChI is InChI=1S/C15H13N3O3/c19-14(18-21)7-6-11-3-1-4-12(9-11)15(20)17-13-5-2-8-16-10-13/h1-10,21H,(H,17,20)(H,18,19)/b7-6+. The van der Waals surface area contributed by atoms with Crippen molar-refractivity contribution in [3.8, 4) is 0 Å². The van der Waals surface area contributed by atoms with Crippen LogP contribution in [0, 0.1) is 0 Å². The minimum Gasteiger partial charge on any atom is -0.321 e. The number of carbonyl (C=O) groups excluding carboxylic acids is 2. The first-order chi connectivity index (χ1) is 10.2. The van der Waals surface area contributed by atoms with Crippen LogP contribution in [0.4, 0.5) is 5.69 Å². The van der Waals surface area contributed by atoms with E-state index in [0.717, 1.165) is 6.08 Å². The summed E-state index contributed by atoms with van der Waals surface area (Å²) in [6.07, 6.45) is 5.82. The lowest BCUT2D eigenvalue weighted by atomic mass is 10.1. The SMILES string of the molecule is O=C(/C=C/c1cccc(C(=O)Nc2cccnc2)c1)NO. The minimum absolute atomic E-state index is 0.273. The summed E-state index contributed by atoms with van der Waals surface area (Å²) in [4.78, 5) is 26.9. The van der Waals surface area contributed by atoms with E-state index < -0.39 is 5.91 Å². The Morgan fingerprint density at radius 3 is 2.76 bits per heavy atom. The Morgan fingerprint density at radius 2 is 2.05 bits per heavy atom. The highest BCUT2D eigenvalue weighted by atomic mass is 16.5. The van der Waals surface area contributed by atoms with Crippen LogP contribution in [0.5, 0.6) is 0 Å². The zero-order chi connectivity index (χ0) is 15.1. The first-order valence-corrected chi connectivity index (χ1v) is 6.12. The van der Waals surface area contributed by atoms with Gasteiger partial charge in [0.05, 0.1) is 11.9 Å². The maximum atomic E-state index is 12.1. The topological polar surface area (TPSA) is 91.3 Å². The third kappa shape index (κ3) is 4.26. The van der Waals surface area contributed by atoms with E-state index in [1.807, 2.05) is 0 Å². The number of pyridine rings is 1. The Bertz CT molecular complexity index is 669. The molecular formula is C15H13N3O3. The molecule has 1 aromatic carbocycles. The van der Waals surface area contributed by atoms with Gasteiger partial charge in [0.15, 0.2) is 0 Å². The lowest BCUT2D eigenvalue weighted by Crippen LogP contribution is -2.14. The molecule has 0 saturated carbocycles. The molecule has 0 fully saturated rings. The second-order valence-electron chi connectivity index (χ2n) is 4.13. The summed E-state index contributed by atoms with van der Waals surface area (Å²) in [5.41, 5.74) is 3.21. The first kappa shape index (κ1) is 14.4. The van der Waals surface area contributed by atoms with Crippen LogP contribution in [0.3, 0.4) is 0 Å². The molecule has 6 nitrogen and oxygen atoms in total. The summed E-state index contributed by atoms with van der Waals surface area (Å²) < 4.78 is 0. The molecule has 3 N–H and O–H groups in total. The van der Waals surface area contributed by atoms with Gasteiger partial charge in [-0.1, -0.05) is 12.1 Å². The summed E-state index contributed by atoms with van der Waals surface area (Å²) in [6.45, 7) is 0. The highest BCUT2D eigenvalue weighted by Crippen LogP contribution is 2.10. The molecule has 2 rings (SSSR count). The van der Waals surface area contributed by atoms with Crippen molar-refractivity contribution in [2.75, 3.05) is 5.32 Å². The van der Waals surface area contributed by atoms with Crippen LogP contribution in [0.1, 0.15) is 15.9 Å². The van der Waals surface area contributed by atoms with E-state index in [4.69, 9.17) is 5.21 Å². The number of benzene rings is 1. The molecule has 2 amide bonds. The molecular weight excluding hydrogens is 270 g/mol. The Morgan fingerprint density at radius 1 is 1.19 bits per heavy atom. The number of nitrogens with one attached hydrogen (secondary N) is 2. The normalized spacial score (nSPS) is 10.3. The number of anilines is 1. The molecule has 0 aliphatic heterocycles. The fourth-order valence-corrected chi connectivity index (χ4v) is 1.63. The maximum Gasteiger partial charge on any atom is 0.267 e. The van der Waals surface area contributed by atoms with Gasteiger partial charge in [-0.3, -0.25) is 19.8 Å². The molecule has 0 aliphatic carbocycles. The van der Waals surface area contributed by atoms with Crippen molar-refractivity contribution in [2.24, 2.45) is 0 Å². The van der Waals surface area contributed by atoms with Crippen LogP contribution in [0.2, 0.25) is 0 Å². The predicted molar refractivity (Wildman–Crippen MR) is 77.6 cm³/mol. The fourth-order valence-electron chi connectivity index (χ4n) is 1.63. The molecule has 1 heterocycles. The average Bonchev–Trinajstić information content (AvgIpc) is 2.53. The van der Waals surface area contributed by atoms with Gasteiger partial charge < -0.3 is 5.32 Å². The summed E-state index contributed by atoms with van der Waals surface area (Å²) in [5, 5.41) is 11.1. The predicted octanol–water partition coefficient (Wildman–Crippen LogP) is 1.85. The van der Waals surface area contributed by atoms with Gasteiger partial charge in [0.1, 0.15) is 0 Å². The quantitative estimate of drug-likeness (QED) is 0.453. The van der Waals surface area contributed by atoms with Gasteiger partial charge in [-0.2, -0.15) is 0 Å². The van der Waals surface area contributed by atoms with Gasteiger partial charge in [0.2, 0.25) is 0 Å². The molecule has 0 unspecified atom stereocenters. The molecule has 0 spiro atoms. The highest BCUT2D eigenvalue weighted by molar-refractivity contribution is 6.04. The Labute approximate surface area is 121 Å². The fraction of sp³-hybridized carbons (Fsp3) is 0. The van der Waals surface area contributed by atoms with E-state index in [2.05, 4.69) is 10.3 Å². The highest BCUT2D eigenvalue weighted by Gasteiger charge is 2.06. The molecule has 0 atom stereocenters. The number of aromatic nitrogens is 1. The van der Waals surface area contributed by atoms with E-state index in [1.54, 1.807) is 48.8 Å². The number of hydroxylamine groups is 1. The molecule has 21 heavy (non-hydrogen) atoms. The van der Waals surface area contributed by atoms with Crippen LogP contribution < -0.4 is 10.8 Å². The number of carbonyl (C=O) groups is 2. The third-order valence-corrected chi connectivity index (χ3v) is 2.61. The summed E-state index contributed by atoms with van der Waals surface area (Å²) in [7, 11) is 0. The number of nitrogens with zero attached hydrogens (tertiary/aromatic N) is 1. The second-order valence-corrected chi connectivity index (χ2v) is 4.13. The van der Waals surface area contributed by atoms with Gasteiger partial charge in [0.25, 0.3) is 11.8 Å². The smallest absolute Gasteiger partial charge is 0.267 e. The van der Waals surface area contributed by atoms with Gasteiger partial charge >= 0.3 is 0 Å². The molecule has 1 aromatic heterocycles. The third-order valence-electron chi connectivity index (χ3n) is 2.61. The molecule has 2 aromatic rings. The van der Waals surface area contributed by atoms with Crippen LogP contribution >= 0.6 is 0 Å². The molecule has 0 aliphatic rings. The van der Waals surface area contributed by atoms with Gasteiger partial charge in [0, 0.05) is 17.8 Å². The molecule has 0 saturated heterocycles. The minimum atomic E-state index is -0.639. The number of hydrogen-bond acceptors (Lipinski definition) is 4. The zero-order valence-corrected chi connectivity index (χ0v) is 11.0. The van der Waals surface area contributed by atoms with Crippen molar-refractivity contribution in [2.45, 2.75) is 0 Å². The zero-order valence-electron chi connectivity index (χ0n) is 11.0. The maximum absolute atomic E-state index is 12.1. The average molecular weight is 283 g/mol. The van der Waals surface area contributed by atoms with Crippen molar-refractivity contribution < 1.29 is 14.8 Å². The van der Waals surface area contributed by atoms with Crippen LogP contribution in [0.15, 0.2) is 54.9 Å². The van der Waals surface area contributed by atoms with Crippen LogP contribution in [0.25, 0.3) is 6.08 Å². The van der Waals surface area contributed by atoms with E-state index in [9.17, 15) is 9.59 Å². The number of amides is 2. The molecule has 106 valence electrons. The van der Waals surface area contributed by atoms with Crippen molar-refractivity contribution in [1.29, 1.82) is 0 Å². The van der Waals surface area contributed by atoms with Crippen LogP contribution in [-0.4, -0.2) is 22.0 Å². The van der Waals surface area contributed by atoms with E-state index in [1.165, 1.54) is 11.6 Å². The molecule has 0 radical (unpaired) electrons. The van der Waals surface area contributed by atoms with Crippen molar-refractivity contribution in [3.05, 3.63) is 66.0 Å². The van der Waals surface area contributed by atoms with Crippen molar-refractivity contribution in [3.63, 3.8) is 0 Å². The molecule has 0 bridgehead atoms. The van der Waals surface area contributed by atoms with Crippen molar-refractivity contribution in [1.82, 2.24) is 10.5 Å². The lowest BCUT2D eigenvalue weighted by molar-refractivity contribution is -0.124. The van der Waals surface area contributed by atoms with Crippen LogP contribution in [-0.2, 0) is 4.79 Å². The van der Waals surface area contributed by atoms with Gasteiger partial charge in [-0.05, 0) is 35.9 Å². The van der Waals surface area contributed by atoms with Gasteiger partial charge in [-0.25, -0.2) is 5.48 Å².